The van der Waals surface area contributed by atoms with Crippen LogP contribution in [-0.2, 0) is 0 Å². The Balaban J connectivity index is 1.55. The molecular weight excluding hydrogens is 294 g/mol. The van der Waals surface area contributed by atoms with Crippen LogP contribution in [-0.4, -0.2) is 50.3 Å². The molecule has 2 aromatic heterocycles. The molecule has 1 aliphatic rings. The fourth-order valence-electron chi connectivity index (χ4n) is 2.41. The fraction of sp³-hybridized carbons (Fsp3) is 0.312. The molecule has 1 saturated heterocycles. The van der Waals surface area contributed by atoms with Crippen LogP contribution in [0.3, 0.4) is 0 Å². The van der Waals surface area contributed by atoms with Gasteiger partial charge < -0.3 is 14.2 Å². The van der Waals surface area contributed by atoms with Gasteiger partial charge in [-0.15, -0.1) is 0 Å². The first-order chi connectivity index (χ1) is 11.2. The van der Waals surface area contributed by atoms with E-state index in [1.54, 1.807) is 24.5 Å². The molecule has 2 N–H and O–H groups in total. The third kappa shape index (κ3) is 3.95. The second-order valence-corrected chi connectivity index (χ2v) is 5.56. The summed E-state index contributed by atoms with van der Waals surface area (Å²) in [5.74, 6) is 1.18. The van der Waals surface area contributed by atoms with E-state index in [4.69, 9.17) is 4.42 Å². The van der Waals surface area contributed by atoms with Crippen molar-refractivity contribution >= 4 is 18.0 Å². The molecule has 1 amide bonds. The summed E-state index contributed by atoms with van der Waals surface area (Å²) in [6, 6.07) is 7.05. The molecule has 7 nitrogen and oxygen atoms in total. The van der Waals surface area contributed by atoms with Crippen molar-refractivity contribution < 1.29 is 14.1 Å². The maximum atomic E-state index is 11.8. The summed E-state index contributed by atoms with van der Waals surface area (Å²) >= 11 is 0. The maximum absolute atomic E-state index is 11.8. The Morgan fingerprint density at radius 1 is 1.30 bits per heavy atom. The van der Waals surface area contributed by atoms with E-state index in [-0.39, 0.29) is 5.91 Å². The van der Waals surface area contributed by atoms with Gasteiger partial charge in [0.2, 0.25) is 0 Å². The van der Waals surface area contributed by atoms with Gasteiger partial charge in [-0.2, -0.15) is 5.10 Å². The predicted octanol–water partition coefficient (Wildman–Crippen LogP) is -0.227. The van der Waals surface area contributed by atoms with Gasteiger partial charge in [0.1, 0.15) is 5.76 Å². The van der Waals surface area contributed by atoms with E-state index in [9.17, 15) is 4.79 Å². The minimum atomic E-state index is -0.280. The number of hydrogen-bond acceptors (Lipinski definition) is 5. The van der Waals surface area contributed by atoms with Crippen LogP contribution < -0.4 is 15.2 Å². The number of carbonyl (C=O) groups is 1. The highest BCUT2D eigenvalue weighted by molar-refractivity contribution is 5.94. The normalized spacial score (nSPS) is 16.0. The standard InChI is InChI=1S/C16H19N5O2/c1-20-8-10-21(11-9-20)15-3-2-14(23-15)12-18-19-16(22)13-4-6-17-7-5-13/h2-7,12H,8-11H2,1H3,(H,19,22)/p+1/b18-12-. The average Bonchev–Trinajstić information content (AvgIpc) is 3.05. The third-order valence-electron chi connectivity index (χ3n) is 3.84. The van der Waals surface area contributed by atoms with E-state index in [0.717, 1.165) is 32.1 Å². The summed E-state index contributed by atoms with van der Waals surface area (Å²) < 4.78 is 5.75. The van der Waals surface area contributed by atoms with Crippen molar-refractivity contribution in [2.75, 3.05) is 38.1 Å². The first-order valence-corrected chi connectivity index (χ1v) is 7.62. The zero-order valence-corrected chi connectivity index (χ0v) is 13.0. The number of amides is 1. The van der Waals surface area contributed by atoms with Crippen molar-refractivity contribution in [1.29, 1.82) is 0 Å². The van der Waals surface area contributed by atoms with Gasteiger partial charge in [-0.1, -0.05) is 0 Å². The molecule has 0 unspecified atom stereocenters. The molecule has 0 atom stereocenters. The second kappa shape index (κ2) is 7.06. The summed E-state index contributed by atoms with van der Waals surface area (Å²) in [5.41, 5.74) is 2.98. The number of rotatable bonds is 4. The molecule has 0 spiro atoms. The van der Waals surface area contributed by atoms with Gasteiger partial charge in [-0.3, -0.25) is 9.78 Å². The zero-order chi connectivity index (χ0) is 16.1. The predicted molar refractivity (Wildman–Crippen MR) is 86.8 cm³/mol. The summed E-state index contributed by atoms with van der Waals surface area (Å²) in [6.07, 6.45) is 4.63. The number of hydrogen-bond donors (Lipinski definition) is 2. The van der Waals surface area contributed by atoms with Crippen LogP contribution in [0.2, 0.25) is 0 Å². The van der Waals surface area contributed by atoms with Crippen LogP contribution >= 0.6 is 0 Å². The largest absolute Gasteiger partial charge is 0.440 e. The lowest BCUT2D eigenvalue weighted by molar-refractivity contribution is -0.880. The van der Waals surface area contributed by atoms with Gasteiger partial charge in [-0.05, 0) is 18.2 Å². The quantitative estimate of drug-likeness (QED) is 0.604. The minimum Gasteiger partial charge on any atom is -0.440 e. The Bertz CT molecular complexity index is 675. The topological polar surface area (TPSA) is 75.2 Å². The highest BCUT2D eigenvalue weighted by Gasteiger charge is 2.19. The van der Waals surface area contributed by atoms with Crippen molar-refractivity contribution in [3.05, 3.63) is 48.0 Å². The molecule has 0 aliphatic carbocycles. The minimum absolute atomic E-state index is 0.280. The molecule has 3 heterocycles. The van der Waals surface area contributed by atoms with Crippen molar-refractivity contribution in [1.82, 2.24) is 10.4 Å². The molecule has 1 aliphatic heterocycles. The van der Waals surface area contributed by atoms with E-state index in [1.165, 1.54) is 11.1 Å². The Morgan fingerprint density at radius 3 is 2.78 bits per heavy atom. The van der Waals surface area contributed by atoms with E-state index >= 15 is 0 Å². The molecule has 1 fully saturated rings. The lowest BCUT2D eigenvalue weighted by atomic mass is 10.3. The number of carbonyl (C=O) groups excluding carboxylic acids is 1. The Labute approximate surface area is 134 Å². The molecule has 0 saturated carbocycles. The summed E-state index contributed by atoms with van der Waals surface area (Å²) in [4.78, 5) is 19.4. The number of pyridine rings is 1. The van der Waals surface area contributed by atoms with Crippen LogP contribution in [0.25, 0.3) is 0 Å². The summed E-state index contributed by atoms with van der Waals surface area (Å²) in [6.45, 7) is 4.17. The van der Waals surface area contributed by atoms with Gasteiger partial charge >= 0.3 is 0 Å². The van der Waals surface area contributed by atoms with Gasteiger partial charge in [0.05, 0.1) is 39.4 Å². The average molecular weight is 314 g/mol. The van der Waals surface area contributed by atoms with E-state index < -0.39 is 0 Å². The Morgan fingerprint density at radius 2 is 2.04 bits per heavy atom. The van der Waals surface area contributed by atoms with Crippen molar-refractivity contribution in [3.63, 3.8) is 0 Å². The molecule has 3 rings (SSSR count). The van der Waals surface area contributed by atoms with Crippen LogP contribution in [0.5, 0.6) is 0 Å². The fourth-order valence-corrected chi connectivity index (χ4v) is 2.41. The number of furan rings is 1. The van der Waals surface area contributed by atoms with Crippen LogP contribution in [0.15, 0.2) is 46.2 Å². The van der Waals surface area contributed by atoms with Crippen molar-refractivity contribution in [2.45, 2.75) is 0 Å². The SMILES string of the molecule is C[NH+]1CCN(c2ccc(/C=N\NC(=O)c3ccncc3)o2)CC1. The van der Waals surface area contributed by atoms with E-state index in [2.05, 4.69) is 27.5 Å². The van der Waals surface area contributed by atoms with Gasteiger partial charge in [-0.25, -0.2) is 5.43 Å². The van der Waals surface area contributed by atoms with Crippen LogP contribution in [0.4, 0.5) is 5.88 Å². The van der Waals surface area contributed by atoms with Crippen molar-refractivity contribution in [3.8, 4) is 0 Å². The Hall–Kier alpha value is -2.67. The van der Waals surface area contributed by atoms with Crippen LogP contribution in [0, 0.1) is 0 Å². The number of hydrazone groups is 1. The molecule has 2 aromatic rings. The number of nitrogens with zero attached hydrogens (tertiary/aromatic N) is 3. The number of nitrogens with one attached hydrogen (secondary N) is 2. The maximum Gasteiger partial charge on any atom is 0.271 e. The van der Waals surface area contributed by atoms with E-state index in [0.29, 0.717) is 11.3 Å². The highest BCUT2D eigenvalue weighted by Crippen LogP contribution is 2.17. The third-order valence-corrected chi connectivity index (χ3v) is 3.84. The summed E-state index contributed by atoms with van der Waals surface area (Å²) in [5, 5.41) is 3.93. The number of piperazine rings is 1. The second-order valence-electron chi connectivity index (χ2n) is 5.56. The molecule has 0 radical (unpaired) electrons. The first kappa shape index (κ1) is 15.2. The molecule has 23 heavy (non-hydrogen) atoms. The number of quaternary nitrogens is 1. The lowest BCUT2D eigenvalue weighted by Crippen LogP contribution is -3.12. The smallest absolute Gasteiger partial charge is 0.271 e. The number of anilines is 1. The highest BCUT2D eigenvalue weighted by atomic mass is 16.4. The monoisotopic (exact) mass is 314 g/mol. The van der Waals surface area contributed by atoms with Crippen molar-refractivity contribution in [2.24, 2.45) is 5.10 Å². The lowest BCUT2D eigenvalue weighted by Gasteiger charge is -2.29. The number of likely N-dealkylation sites (N-methyl/N-ethyl adjacent to an activating group) is 1. The van der Waals surface area contributed by atoms with Gasteiger partial charge in [0.25, 0.3) is 5.91 Å². The molecular formula is C16H20N5O2+. The summed E-state index contributed by atoms with van der Waals surface area (Å²) in [7, 11) is 2.20. The molecule has 0 aromatic carbocycles. The zero-order valence-electron chi connectivity index (χ0n) is 13.0. The molecule has 7 heteroatoms. The van der Waals surface area contributed by atoms with Crippen LogP contribution in [0.1, 0.15) is 16.1 Å². The molecule has 120 valence electrons. The Kier molecular flexibility index (Phi) is 4.68. The first-order valence-electron chi connectivity index (χ1n) is 7.62. The number of aromatic nitrogens is 1. The van der Waals surface area contributed by atoms with E-state index in [1.807, 2.05) is 12.1 Å². The van der Waals surface area contributed by atoms with Gasteiger partial charge in [0.15, 0.2) is 5.88 Å². The molecule has 0 bridgehead atoms. The van der Waals surface area contributed by atoms with Gasteiger partial charge in [0, 0.05) is 24.0 Å².